The van der Waals surface area contributed by atoms with E-state index in [0.29, 0.717) is 18.6 Å². The number of esters is 1. The molecule has 1 saturated heterocycles. The molecule has 146 valence electrons. The monoisotopic (exact) mass is 377 g/mol. The summed E-state index contributed by atoms with van der Waals surface area (Å²) in [5, 5.41) is 5.35. The molecule has 4 amide bonds. The highest BCUT2D eigenvalue weighted by atomic mass is 16.5. The van der Waals surface area contributed by atoms with Gasteiger partial charge in [-0.05, 0) is 31.9 Å². The van der Waals surface area contributed by atoms with Gasteiger partial charge in [-0.15, -0.1) is 0 Å². The Bertz CT molecular complexity index is 723. The fraction of sp³-hybridized carbons (Fsp3) is 0.556. The summed E-state index contributed by atoms with van der Waals surface area (Å²) in [5.74, 6) is -1.13. The van der Waals surface area contributed by atoms with Crippen molar-refractivity contribution >= 4 is 23.8 Å². The molecule has 2 N–H and O–H groups in total. The number of imide groups is 1. The minimum atomic E-state index is -0.883. The Morgan fingerprint density at radius 3 is 2.74 bits per heavy atom. The largest absolute Gasteiger partial charge is 0.467 e. The Morgan fingerprint density at radius 2 is 2.07 bits per heavy atom. The Hall–Kier alpha value is -2.84. The molecule has 1 unspecified atom stereocenters. The van der Waals surface area contributed by atoms with Crippen LogP contribution in [0.15, 0.2) is 22.8 Å². The van der Waals surface area contributed by atoms with Crippen LogP contribution in [-0.2, 0) is 19.1 Å². The van der Waals surface area contributed by atoms with Crippen LogP contribution in [-0.4, -0.2) is 47.4 Å². The minimum absolute atomic E-state index is 0.372. The van der Waals surface area contributed by atoms with Gasteiger partial charge in [-0.2, -0.15) is 0 Å². The first-order chi connectivity index (χ1) is 12.9. The van der Waals surface area contributed by atoms with E-state index in [9.17, 15) is 19.2 Å². The van der Waals surface area contributed by atoms with Crippen molar-refractivity contribution < 1.29 is 28.3 Å². The number of carbonyl (C=O) groups excluding carboxylic acids is 4. The molecule has 27 heavy (non-hydrogen) atoms. The zero-order valence-electron chi connectivity index (χ0n) is 15.2. The smallest absolute Gasteiger partial charge is 0.326 e. The zero-order chi connectivity index (χ0) is 19.4. The molecule has 2 heterocycles. The Kier molecular flexibility index (Phi) is 5.48. The van der Waals surface area contributed by atoms with Crippen molar-refractivity contribution in [2.45, 2.75) is 50.6 Å². The quantitative estimate of drug-likeness (QED) is 0.569. The van der Waals surface area contributed by atoms with Gasteiger partial charge in [0.25, 0.3) is 11.8 Å². The Morgan fingerprint density at radius 1 is 1.33 bits per heavy atom. The molecule has 0 radical (unpaired) electrons. The lowest BCUT2D eigenvalue weighted by Gasteiger charge is -2.30. The van der Waals surface area contributed by atoms with Crippen LogP contribution in [0.4, 0.5) is 4.79 Å². The first kappa shape index (κ1) is 18.9. The molecular weight excluding hydrogens is 354 g/mol. The molecule has 0 aromatic carbocycles. The van der Waals surface area contributed by atoms with Crippen molar-refractivity contribution in [2.75, 3.05) is 13.2 Å². The number of ether oxygens (including phenoxy) is 1. The topological polar surface area (TPSA) is 118 Å². The van der Waals surface area contributed by atoms with Crippen LogP contribution in [0.5, 0.6) is 0 Å². The number of nitrogens with zero attached hydrogens (tertiary/aromatic N) is 1. The van der Waals surface area contributed by atoms with Gasteiger partial charge in [0.15, 0.2) is 6.61 Å². The molecule has 9 nitrogen and oxygen atoms in total. The number of hydrogen-bond donors (Lipinski definition) is 2. The van der Waals surface area contributed by atoms with Crippen molar-refractivity contribution in [1.82, 2.24) is 15.5 Å². The third-order valence-corrected chi connectivity index (χ3v) is 4.95. The molecule has 2 aliphatic rings. The zero-order valence-corrected chi connectivity index (χ0v) is 15.2. The fourth-order valence-corrected chi connectivity index (χ4v) is 3.53. The number of urea groups is 1. The first-order valence-corrected chi connectivity index (χ1v) is 9.04. The second-order valence-corrected chi connectivity index (χ2v) is 6.93. The van der Waals surface area contributed by atoms with Crippen molar-refractivity contribution in [2.24, 2.45) is 0 Å². The molecular formula is C18H23N3O6. The maximum absolute atomic E-state index is 12.6. The van der Waals surface area contributed by atoms with E-state index in [-0.39, 0.29) is 11.9 Å². The summed E-state index contributed by atoms with van der Waals surface area (Å²) in [6.45, 7) is 0.724. The maximum Gasteiger partial charge on any atom is 0.326 e. The predicted molar refractivity (Wildman–Crippen MR) is 92.3 cm³/mol. The molecule has 1 atom stereocenters. The highest BCUT2D eigenvalue weighted by Crippen LogP contribution is 2.33. The molecule has 2 fully saturated rings. The number of rotatable bonds is 6. The van der Waals surface area contributed by atoms with Crippen LogP contribution < -0.4 is 10.6 Å². The molecule has 1 aromatic rings. The standard InChI is InChI=1S/C18H23N3O6/c1-12(13-6-5-9-26-13)19-14(22)11-27-15(23)10-21-16(24)18(20-17(21)25)7-3-2-4-8-18/h5-6,9,12H,2-4,7-8,10-11H2,1H3,(H,19,22)(H,20,25). The lowest BCUT2D eigenvalue weighted by atomic mass is 9.82. The van der Waals surface area contributed by atoms with Gasteiger partial charge in [0.1, 0.15) is 17.8 Å². The Labute approximate surface area is 156 Å². The number of furan rings is 1. The molecule has 1 saturated carbocycles. The highest BCUT2D eigenvalue weighted by molar-refractivity contribution is 6.08. The van der Waals surface area contributed by atoms with Gasteiger partial charge in [0.2, 0.25) is 0 Å². The minimum Gasteiger partial charge on any atom is -0.467 e. The van der Waals surface area contributed by atoms with Gasteiger partial charge < -0.3 is 19.8 Å². The summed E-state index contributed by atoms with van der Waals surface area (Å²) in [6.07, 6.45) is 5.40. The number of nitrogens with one attached hydrogen (secondary N) is 2. The van der Waals surface area contributed by atoms with Crippen LogP contribution >= 0.6 is 0 Å². The van der Waals surface area contributed by atoms with Crippen LogP contribution in [0.3, 0.4) is 0 Å². The van der Waals surface area contributed by atoms with E-state index in [2.05, 4.69) is 10.6 Å². The van der Waals surface area contributed by atoms with Gasteiger partial charge in [0, 0.05) is 0 Å². The predicted octanol–water partition coefficient (Wildman–Crippen LogP) is 1.25. The Balaban J connectivity index is 1.47. The molecule has 1 aliphatic heterocycles. The molecule has 1 aliphatic carbocycles. The summed E-state index contributed by atoms with van der Waals surface area (Å²) in [7, 11) is 0. The first-order valence-electron chi connectivity index (χ1n) is 9.04. The summed E-state index contributed by atoms with van der Waals surface area (Å²) < 4.78 is 10.1. The second kappa shape index (κ2) is 7.81. The van der Waals surface area contributed by atoms with Gasteiger partial charge in [-0.25, -0.2) is 4.79 Å². The van der Waals surface area contributed by atoms with E-state index in [1.54, 1.807) is 19.1 Å². The average molecular weight is 377 g/mol. The van der Waals surface area contributed by atoms with E-state index in [1.807, 2.05) is 0 Å². The number of carbonyl (C=O) groups is 4. The lowest BCUT2D eigenvalue weighted by Crippen LogP contribution is -2.48. The fourth-order valence-electron chi connectivity index (χ4n) is 3.53. The molecule has 3 rings (SSSR count). The van der Waals surface area contributed by atoms with Crippen LogP contribution in [0.1, 0.15) is 50.8 Å². The lowest BCUT2D eigenvalue weighted by molar-refractivity contribution is -0.151. The summed E-state index contributed by atoms with van der Waals surface area (Å²) in [5.41, 5.74) is -0.883. The number of amides is 4. The normalized spacial score (nSPS) is 19.7. The average Bonchev–Trinajstić information content (AvgIpc) is 3.25. The third-order valence-electron chi connectivity index (χ3n) is 4.95. The van der Waals surface area contributed by atoms with Crippen LogP contribution in [0.25, 0.3) is 0 Å². The van der Waals surface area contributed by atoms with Gasteiger partial charge in [-0.3, -0.25) is 19.3 Å². The maximum atomic E-state index is 12.6. The van der Waals surface area contributed by atoms with E-state index < -0.39 is 36.6 Å². The molecule has 0 bridgehead atoms. The van der Waals surface area contributed by atoms with Crippen molar-refractivity contribution in [3.8, 4) is 0 Å². The van der Waals surface area contributed by atoms with Crippen molar-refractivity contribution in [1.29, 1.82) is 0 Å². The van der Waals surface area contributed by atoms with Crippen LogP contribution in [0.2, 0.25) is 0 Å². The molecule has 9 heteroatoms. The third kappa shape index (κ3) is 4.12. The number of hydrogen-bond acceptors (Lipinski definition) is 6. The van der Waals surface area contributed by atoms with Crippen LogP contribution in [0, 0.1) is 0 Å². The van der Waals surface area contributed by atoms with Gasteiger partial charge in [0.05, 0.1) is 12.3 Å². The molecule has 1 spiro atoms. The van der Waals surface area contributed by atoms with Gasteiger partial charge >= 0.3 is 12.0 Å². The molecule has 1 aromatic heterocycles. The van der Waals surface area contributed by atoms with Crippen molar-refractivity contribution in [3.63, 3.8) is 0 Å². The highest BCUT2D eigenvalue weighted by Gasteiger charge is 2.51. The van der Waals surface area contributed by atoms with E-state index in [4.69, 9.17) is 9.15 Å². The van der Waals surface area contributed by atoms with E-state index >= 15 is 0 Å². The summed E-state index contributed by atoms with van der Waals surface area (Å²) in [4.78, 5) is 49.4. The summed E-state index contributed by atoms with van der Waals surface area (Å²) >= 11 is 0. The van der Waals surface area contributed by atoms with E-state index in [0.717, 1.165) is 24.2 Å². The summed E-state index contributed by atoms with van der Waals surface area (Å²) in [6, 6.07) is 2.46. The van der Waals surface area contributed by atoms with Crippen molar-refractivity contribution in [3.05, 3.63) is 24.2 Å². The SMILES string of the molecule is CC(NC(=O)COC(=O)CN1C(=O)NC2(CCCCC2)C1=O)c1ccco1. The van der Waals surface area contributed by atoms with E-state index in [1.165, 1.54) is 6.26 Å². The van der Waals surface area contributed by atoms with Gasteiger partial charge in [-0.1, -0.05) is 19.3 Å². The second-order valence-electron chi connectivity index (χ2n) is 6.93.